The molecule has 0 aliphatic heterocycles. The lowest BCUT2D eigenvalue weighted by molar-refractivity contribution is -0.142. The molecule has 2 aromatic rings. The fraction of sp³-hybridized carbons (Fsp3) is 0.278. The number of methoxy groups -OCH3 is 3. The summed E-state index contributed by atoms with van der Waals surface area (Å²) < 4.78 is 15.3. The first-order chi connectivity index (χ1) is 11.1. The van der Waals surface area contributed by atoms with Gasteiger partial charge in [-0.3, -0.25) is 4.79 Å². The van der Waals surface area contributed by atoms with Gasteiger partial charge in [-0.1, -0.05) is 24.3 Å². The first-order valence-corrected chi connectivity index (χ1v) is 7.23. The Balaban J connectivity index is 2.31. The van der Waals surface area contributed by atoms with E-state index in [-0.39, 0.29) is 0 Å². The molecule has 0 radical (unpaired) electrons. The molecule has 0 aliphatic carbocycles. The van der Waals surface area contributed by atoms with Crippen LogP contribution >= 0.6 is 0 Å². The van der Waals surface area contributed by atoms with Gasteiger partial charge in [0, 0.05) is 11.6 Å². The molecule has 0 bridgehead atoms. The van der Waals surface area contributed by atoms with Crippen LogP contribution in [0.25, 0.3) is 11.1 Å². The predicted octanol–water partition coefficient (Wildman–Crippen LogP) is 2.41. The van der Waals surface area contributed by atoms with Crippen molar-refractivity contribution in [2.24, 2.45) is 5.73 Å². The first-order valence-electron chi connectivity index (χ1n) is 7.23. The molecule has 5 heteroatoms. The highest BCUT2D eigenvalue weighted by atomic mass is 16.5. The predicted molar refractivity (Wildman–Crippen MR) is 88.7 cm³/mol. The molecule has 0 aliphatic rings. The normalized spacial score (nSPS) is 11.7. The molecule has 0 saturated carbocycles. The van der Waals surface area contributed by atoms with Gasteiger partial charge in [-0.2, -0.15) is 0 Å². The van der Waals surface area contributed by atoms with Gasteiger partial charge < -0.3 is 19.9 Å². The molecular weight excluding hydrogens is 294 g/mol. The zero-order chi connectivity index (χ0) is 16.8. The SMILES string of the molecule is COC(=O)C(N)Cc1cccc(-c2ccc(OC)cc2OC)c1. The molecule has 0 spiro atoms. The van der Waals surface area contributed by atoms with E-state index in [1.807, 2.05) is 42.5 Å². The minimum atomic E-state index is -0.673. The van der Waals surface area contributed by atoms with Crippen molar-refractivity contribution >= 4 is 5.97 Å². The molecule has 0 fully saturated rings. The van der Waals surface area contributed by atoms with Crippen molar-refractivity contribution in [2.45, 2.75) is 12.5 Å². The van der Waals surface area contributed by atoms with Crippen molar-refractivity contribution in [1.82, 2.24) is 0 Å². The van der Waals surface area contributed by atoms with Crippen LogP contribution in [-0.2, 0) is 16.0 Å². The Morgan fingerprint density at radius 3 is 2.52 bits per heavy atom. The third-order valence-electron chi connectivity index (χ3n) is 3.61. The van der Waals surface area contributed by atoms with Crippen LogP contribution < -0.4 is 15.2 Å². The second-order valence-corrected chi connectivity index (χ2v) is 5.10. The number of benzene rings is 2. The molecule has 2 aromatic carbocycles. The van der Waals surface area contributed by atoms with Crippen LogP contribution in [0.1, 0.15) is 5.56 Å². The van der Waals surface area contributed by atoms with Crippen molar-refractivity contribution in [3.8, 4) is 22.6 Å². The van der Waals surface area contributed by atoms with Gasteiger partial charge in [0.05, 0.1) is 21.3 Å². The van der Waals surface area contributed by atoms with Gasteiger partial charge in [-0.15, -0.1) is 0 Å². The summed E-state index contributed by atoms with van der Waals surface area (Å²) in [5, 5.41) is 0. The highest BCUT2D eigenvalue weighted by molar-refractivity contribution is 5.76. The topological polar surface area (TPSA) is 70.8 Å². The number of hydrogen-bond donors (Lipinski definition) is 1. The number of rotatable bonds is 6. The Labute approximate surface area is 136 Å². The summed E-state index contributed by atoms with van der Waals surface area (Å²) in [6.45, 7) is 0. The molecule has 122 valence electrons. The highest BCUT2D eigenvalue weighted by Crippen LogP contribution is 2.33. The van der Waals surface area contributed by atoms with Gasteiger partial charge in [0.2, 0.25) is 0 Å². The smallest absolute Gasteiger partial charge is 0.322 e. The lowest BCUT2D eigenvalue weighted by Crippen LogP contribution is -2.33. The zero-order valence-corrected chi connectivity index (χ0v) is 13.5. The molecule has 1 unspecified atom stereocenters. The quantitative estimate of drug-likeness (QED) is 0.829. The number of ether oxygens (including phenoxy) is 3. The van der Waals surface area contributed by atoms with Gasteiger partial charge in [-0.25, -0.2) is 0 Å². The lowest BCUT2D eigenvalue weighted by atomic mass is 9.99. The average Bonchev–Trinajstić information content (AvgIpc) is 2.60. The van der Waals surface area contributed by atoms with E-state index >= 15 is 0 Å². The van der Waals surface area contributed by atoms with E-state index in [0.29, 0.717) is 6.42 Å². The Hall–Kier alpha value is -2.53. The van der Waals surface area contributed by atoms with Crippen LogP contribution in [0.15, 0.2) is 42.5 Å². The molecule has 5 nitrogen and oxygen atoms in total. The largest absolute Gasteiger partial charge is 0.497 e. The van der Waals surface area contributed by atoms with Gasteiger partial charge in [-0.05, 0) is 29.7 Å². The van der Waals surface area contributed by atoms with E-state index in [9.17, 15) is 4.79 Å². The van der Waals surface area contributed by atoms with Gasteiger partial charge >= 0.3 is 5.97 Å². The van der Waals surface area contributed by atoms with Crippen molar-refractivity contribution in [2.75, 3.05) is 21.3 Å². The number of carbonyl (C=O) groups excluding carboxylic acids is 1. The minimum Gasteiger partial charge on any atom is -0.497 e. The number of nitrogens with two attached hydrogens (primary N) is 1. The maximum absolute atomic E-state index is 11.5. The molecule has 2 N–H and O–H groups in total. The van der Waals surface area contributed by atoms with E-state index in [1.54, 1.807) is 14.2 Å². The van der Waals surface area contributed by atoms with E-state index in [1.165, 1.54) is 7.11 Å². The van der Waals surface area contributed by atoms with Crippen LogP contribution in [-0.4, -0.2) is 33.3 Å². The Morgan fingerprint density at radius 2 is 1.87 bits per heavy atom. The number of carbonyl (C=O) groups is 1. The summed E-state index contributed by atoms with van der Waals surface area (Å²) in [7, 11) is 4.57. The summed E-state index contributed by atoms with van der Waals surface area (Å²) in [5.41, 5.74) is 8.71. The number of esters is 1. The minimum absolute atomic E-state index is 0.416. The van der Waals surface area contributed by atoms with E-state index < -0.39 is 12.0 Å². The zero-order valence-electron chi connectivity index (χ0n) is 13.5. The summed E-state index contributed by atoms with van der Waals surface area (Å²) in [6, 6.07) is 12.8. The maximum Gasteiger partial charge on any atom is 0.322 e. The van der Waals surface area contributed by atoms with E-state index in [2.05, 4.69) is 4.74 Å². The van der Waals surface area contributed by atoms with Crippen molar-refractivity contribution < 1.29 is 19.0 Å². The van der Waals surface area contributed by atoms with Gasteiger partial charge in [0.15, 0.2) is 0 Å². The van der Waals surface area contributed by atoms with E-state index in [4.69, 9.17) is 15.2 Å². The molecule has 0 saturated heterocycles. The monoisotopic (exact) mass is 315 g/mol. The molecule has 0 heterocycles. The third kappa shape index (κ3) is 4.02. The Bertz CT molecular complexity index is 684. The van der Waals surface area contributed by atoms with Crippen molar-refractivity contribution in [3.63, 3.8) is 0 Å². The average molecular weight is 315 g/mol. The van der Waals surface area contributed by atoms with Gasteiger partial charge in [0.1, 0.15) is 17.5 Å². The number of hydrogen-bond acceptors (Lipinski definition) is 5. The van der Waals surface area contributed by atoms with Crippen molar-refractivity contribution in [1.29, 1.82) is 0 Å². The van der Waals surface area contributed by atoms with Crippen LogP contribution in [0.2, 0.25) is 0 Å². The molecule has 23 heavy (non-hydrogen) atoms. The van der Waals surface area contributed by atoms with Crippen LogP contribution in [0.3, 0.4) is 0 Å². The molecule has 0 amide bonds. The standard InChI is InChI=1S/C18H21NO4/c1-21-14-7-8-15(17(11-14)22-2)13-6-4-5-12(9-13)10-16(19)18(20)23-3/h4-9,11,16H,10,19H2,1-3H3. The summed E-state index contributed by atoms with van der Waals surface area (Å²) in [5.74, 6) is 1.03. The van der Waals surface area contributed by atoms with Crippen LogP contribution in [0, 0.1) is 0 Å². The first kappa shape index (κ1) is 16.8. The Morgan fingerprint density at radius 1 is 1.09 bits per heavy atom. The van der Waals surface area contributed by atoms with Crippen molar-refractivity contribution in [3.05, 3.63) is 48.0 Å². The molecular formula is C18H21NO4. The Kier molecular flexibility index (Phi) is 5.60. The van der Waals surface area contributed by atoms with Crippen LogP contribution in [0.5, 0.6) is 11.5 Å². The molecule has 1 atom stereocenters. The highest BCUT2D eigenvalue weighted by Gasteiger charge is 2.15. The van der Waals surface area contributed by atoms with E-state index in [0.717, 1.165) is 28.2 Å². The summed E-state index contributed by atoms with van der Waals surface area (Å²) in [6.07, 6.45) is 0.416. The summed E-state index contributed by atoms with van der Waals surface area (Å²) in [4.78, 5) is 11.5. The molecule has 0 aromatic heterocycles. The van der Waals surface area contributed by atoms with Crippen LogP contribution in [0.4, 0.5) is 0 Å². The third-order valence-corrected chi connectivity index (χ3v) is 3.61. The second kappa shape index (κ2) is 7.65. The lowest BCUT2D eigenvalue weighted by Gasteiger charge is -2.13. The fourth-order valence-corrected chi connectivity index (χ4v) is 2.39. The summed E-state index contributed by atoms with van der Waals surface area (Å²) >= 11 is 0. The fourth-order valence-electron chi connectivity index (χ4n) is 2.39. The molecule has 2 rings (SSSR count). The second-order valence-electron chi connectivity index (χ2n) is 5.10. The maximum atomic E-state index is 11.5. The van der Waals surface area contributed by atoms with Gasteiger partial charge in [0.25, 0.3) is 0 Å².